The van der Waals surface area contributed by atoms with E-state index in [0.29, 0.717) is 5.02 Å². The summed E-state index contributed by atoms with van der Waals surface area (Å²) in [5, 5.41) is 3.98. The molecule has 0 bridgehead atoms. The zero-order valence-corrected chi connectivity index (χ0v) is 14.7. The summed E-state index contributed by atoms with van der Waals surface area (Å²) < 4.78 is 0. The Morgan fingerprint density at radius 2 is 1.87 bits per heavy atom. The van der Waals surface area contributed by atoms with Crippen molar-refractivity contribution in [3.63, 3.8) is 0 Å². The van der Waals surface area contributed by atoms with Crippen LogP contribution in [0.5, 0.6) is 0 Å². The number of carbonyl (C=O) groups excluding carboxylic acids is 1. The van der Waals surface area contributed by atoms with Crippen molar-refractivity contribution in [3.8, 4) is 0 Å². The molecule has 1 heterocycles. The van der Waals surface area contributed by atoms with E-state index in [-0.39, 0.29) is 24.4 Å². The van der Waals surface area contributed by atoms with Crippen LogP contribution in [-0.2, 0) is 13.1 Å². The lowest BCUT2D eigenvalue weighted by Crippen LogP contribution is -2.29. The van der Waals surface area contributed by atoms with Gasteiger partial charge in [0, 0.05) is 30.7 Å². The molecule has 5 heteroatoms. The Balaban J connectivity index is 0.00000192. The number of carbonyl (C=O) groups is 1. The van der Waals surface area contributed by atoms with Crippen molar-refractivity contribution in [1.82, 2.24) is 10.2 Å². The van der Waals surface area contributed by atoms with E-state index in [2.05, 4.69) is 5.32 Å². The molecule has 1 N–H and O–H groups in total. The molecule has 3 nitrogen and oxygen atoms in total. The summed E-state index contributed by atoms with van der Waals surface area (Å²) in [5.74, 6) is 0.0159. The van der Waals surface area contributed by atoms with Gasteiger partial charge in [0.05, 0.1) is 6.04 Å². The third-order valence-electron chi connectivity index (χ3n) is 4.34. The number of hydrogen-bond donors (Lipinski definition) is 1. The van der Waals surface area contributed by atoms with Crippen LogP contribution in [0.4, 0.5) is 0 Å². The van der Waals surface area contributed by atoms with Crippen LogP contribution in [0.1, 0.15) is 40.0 Å². The van der Waals surface area contributed by atoms with E-state index in [1.54, 1.807) is 4.90 Å². The number of nitrogens with zero attached hydrogens (tertiary/aromatic N) is 1. The fourth-order valence-corrected chi connectivity index (χ4v) is 3.12. The Morgan fingerprint density at radius 3 is 2.61 bits per heavy atom. The molecule has 0 aromatic heterocycles. The first-order valence-electron chi connectivity index (χ1n) is 7.42. The third-order valence-corrected chi connectivity index (χ3v) is 4.68. The third kappa shape index (κ3) is 3.52. The average Bonchev–Trinajstić information content (AvgIpc) is 3.00. The van der Waals surface area contributed by atoms with Gasteiger partial charge in [-0.25, -0.2) is 0 Å². The van der Waals surface area contributed by atoms with Gasteiger partial charge in [-0.1, -0.05) is 35.9 Å². The maximum atomic E-state index is 12.7. The molecule has 1 unspecified atom stereocenters. The zero-order valence-electron chi connectivity index (χ0n) is 13.2. The fraction of sp³-hybridized carbons (Fsp3) is 0.278. The summed E-state index contributed by atoms with van der Waals surface area (Å²) >= 11 is 6.24. The SMILES string of the molecule is CC(c1ccccc1Cl)N(C)C(=O)c1ccc2c(c1)CNC2.Cl. The number of rotatable bonds is 3. The van der Waals surface area contributed by atoms with Crippen molar-refractivity contribution in [2.75, 3.05) is 7.05 Å². The van der Waals surface area contributed by atoms with E-state index < -0.39 is 0 Å². The smallest absolute Gasteiger partial charge is 0.254 e. The molecule has 0 aliphatic carbocycles. The molecular formula is C18H20Cl2N2O. The van der Waals surface area contributed by atoms with Gasteiger partial charge >= 0.3 is 0 Å². The molecule has 1 amide bonds. The van der Waals surface area contributed by atoms with Crippen LogP contribution in [0.3, 0.4) is 0 Å². The molecule has 0 fully saturated rings. The minimum atomic E-state index is -0.0763. The first-order valence-corrected chi connectivity index (χ1v) is 7.80. The van der Waals surface area contributed by atoms with Crippen LogP contribution >= 0.6 is 24.0 Å². The van der Waals surface area contributed by atoms with Gasteiger partial charge < -0.3 is 10.2 Å². The highest BCUT2D eigenvalue weighted by Crippen LogP contribution is 2.27. The van der Waals surface area contributed by atoms with Crippen molar-refractivity contribution in [2.45, 2.75) is 26.1 Å². The van der Waals surface area contributed by atoms with Gasteiger partial charge in [0.15, 0.2) is 0 Å². The van der Waals surface area contributed by atoms with Crippen LogP contribution in [-0.4, -0.2) is 17.9 Å². The first kappa shape index (κ1) is 17.8. The summed E-state index contributed by atoms with van der Waals surface area (Å²) in [5.41, 5.74) is 4.18. The van der Waals surface area contributed by atoms with Crippen LogP contribution in [0.2, 0.25) is 5.02 Å². The molecule has 122 valence electrons. The van der Waals surface area contributed by atoms with E-state index >= 15 is 0 Å². The van der Waals surface area contributed by atoms with Gasteiger partial charge in [0.25, 0.3) is 5.91 Å². The number of halogens is 2. The summed E-state index contributed by atoms with van der Waals surface area (Å²) in [7, 11) is 1.82. The normalized spacial score (nSPS) is 13.9. The number of hydrogen-bond acceptors (Lipinski definition) is 2. The number of nitrogens with one attached hydrogen (secondary N) is 1. The second-order valence-electron chi connectivity index (χ2n) is 5.70. The van der Waals surface area contributed by atoms with Crippen molar-refractivity contribution in [1.29, 1.82) is 0 Å². The van der Waals surface area contributed by atoms with E-state index in [1.165, 1.54) is 11.1 Å². The monoisotopic (exact) mass is 350 g/mol. The lowest BCUT2D eigenvalue weighted by atomic mass is 10.0. The van der Waals surface area contributed by atoms with E-state index in [4.69, 9.17) is 11.6 Å². The Hall–Kier alpha value is -1.55. The molecule has 2 aromatic rings. The maximum absolute atomic E-state index is 12.7. The van der Waals surface area contributed by atoms with Crippen LogP contribution in [0.15, 0.2) is 42.5 Å². The standard InChI is InChI=1S/C18H19ClN2O.ClH/c1-12(16-5-3-4-6-17(16)19)21(2)18(22)13-7-8-14-10-20-11-15(14)9-13;/h3-9,12,20H,10-11H2,1-2H3;1H. The molecule has 1 aliphatic rings. The highest BCUT2D eigenvalue weighted by Gasteiger charge is 2.22. The topological polar surface area (TPSA) is 32.3 Å². The van der Waals surface area contributed by atoms with Crippen LogP contribution in [0.25, 0.3) is 0 Å². The average molecular weight is 351 g/mol. The number of amides is 1. The molecule has 23 heavy (non-hydrogen) atoms. The molecular weight excluding hydrogens is 331 g/mol. The fourth-order valence-electron chi connectivity index (χ4n) is 2.83. The van der Waals surface area contributed by atoms with Gasteiger partial charge in [-0.3, -0.25) is 4.79 Å². The minimum absolute atomic E-state index is 0. The first-order chi connectivity index (χ1) is 10.6. The second-order valence-corrected chi connectivity index (χ2v) is 6.11. The van der Waals surface area contributed by atoms with Crippen LogP contribution in [0, 0.1) is 0 Å². The van der Waals surface area contributed by atoms with Crippen LogP contribution < -0.4 is 5.32 Å². The lowest BCUT2D eigenvalue weighted by Gasteiger charge is -2.26. The van der Waals surface area contributed by atoms with Gasteiger partial charge in [-0.15, -0.1) is 12.4 Å². The molecule has 3 rings (SSSR count). The Labute approximate surface area is 148 Å². The number of benzene rings is 2. The largest absolute Gasteiger partial charge is 0.335 e. The maximum Gasteiger partial charge on any atom is 0.254 e. The molecule has 0 saturated heterocycles. The van der Waals surface area contributed by atoms with Gasteiger partial charge in [-0.2, -0.15) is 0 Å². The zero-order chi connectivity index (χ0) is 15.7. The van der Waals surface area contributed by atoms with E-state index in [9.17, 15) is 4.79 Å². The predicted octanol–water partition coefficient (Wildman–Crippen LogP) is 4.20. The molecule has 1 atom stereocenters. The van der Waals surface area contributed by atoms with Gasteiger partial charge in [0.1, 0.15) is 0 Å². The molecule has 0 saturated carbocycles. The Bertz CT molecular complexity index is 718. The highest BCUT2D eigenvalue weighted by atomic mass is 35.5. The predicted molar refractivity (Wildman–Crippen MR) is 96.2 cm³/mol. The molecule has 0 spiro atoms. The Kier molecular flexibility index (Phi) is 5.69. The molecule has 2 aromatic carbocycles. The lowest BCUT2D eigenvalue weighted by molar-refractivity contribution is 0.0742. The highest BCUT2D eigenvalue weighted by molar-refractivity contribution is 6.31. The van der Waals surface area contributed by atoms with Gasteiger partial charge in [-0.05, 0) is 41.8 Å². The van der Waals surface area contributed by atoms with Crippen molar-refractivity contribution >= 4 is 29.9 Å². The van der Waals surface area contributed by atoms with Gasteiger partial charge in [0.2, 0.25) is 0 Å². The molecule has 1 aliphatic heterocycles. The number of fused-ring (bicyclic) bond motifs is 1. The summed E-state index contributed by atoms with van der Waals surface area (Å²) in [4.78, 5) is 14.5. The summed E-state index contributed by atoms with van der Waals surface area (Å²) in [6, 6.07) is 13.5. The van der Waals surface area contributed by atoms with E-state index in [0.717, 1.165) is 24.2 Å². The van der Waals surface area contributed by atoms with Crippen molar-refractivity contribution < 1.29 is 4.79 Å². The summed E-state index contributed by atoms with van der Waals surface area (Å²) in [6.07, 6.45) is 0. The Morgan fingerprint density at radius 1 is 1.17 bits per heavy atom. The second kappa shape index (κ2) is 7.35. The van der Waals surface area contributed by atoms with E-state index in [1.807, 2.05) is 56.4 Å². The molecule has 0 radical (unpaired) electrons. The summed E-state index contributed by atoms with van der Waals surface area (Å²) in [6.45, 7) is 3.71. The quantitative estimate of drug-likeness (QED) is 0.899. The van der Waals surface area contributed by atoms with Crippen molar-refractivity contribution in [2.24, 2.45) is 0 Å². The minimum Gasteiger partial charge on any atom is -0.335 e. The van der Waals surface area contributed by atoms with Crippen molar-refractivity contribution in [3.05, 3.63) is 69.7 Å².